The Balaban J connectivity index is 2.02. The molecule has 2 rings (SSSR count). The zero-order valence-corrected chi connectivity index (χ0v) is 14.7. The highest BCUT2D eigenvalue weighted by atomic mass is 79.9. The number of nitrogens with zero attached hydrogens (tertiary/aromatic N) is 1. The molecule has 1 aromatic rings. The molecule has 2 heteroatoms. The summed E-state index contributed by atoms with van der Waals surface area (Å²) in [7, 11) is 0. The SMILES string of the molecule is CC(C)(C)c1ccc(CN(CCBr)C2CCCC2)cc1. The minimum Gasteiger partial charge on any atom is -0.295 e. The molecule has 0 atom stereocenters. The molecule has 0 saturated heterocycles. The molecule has 1 aliphatic rings. The Hall–Kier alpha value is -0.340. The molecule has 0 aliphatic heterocycles. The lowest BCUT2D eigenvalue weighted by atomic mass is 9.87. The van der Waals surface area contributed by atoms with Crippen molar-refractivity contribution < 1.29 is 0 Å². The summed E-state index contributed by atoms with van der Waals surface area (Å²) in [6.07, 6.45) is 5.58. The summed E-state index contributed by atoms with van der Waals surface area (Å²) in [4.78, 5) is 2.66. The molecule has 0 aromatic heterocycles. The zero-order chi connectivity index (χ0) is 14.6. The predicted octanol–water partition coefficient (Wildman–Crippen LogP) is 5.12. The van der Waals surface area contributed by atoms with Crippen LogP contribution in [-0.4, -0.2) is 22.8 Å². The summed E-state index contributed by atoms with van der Waals surface area (Å²) >= 11 is 3.61. The van der Waals surface area contributed by atoms with Gasteiger partial charge in [0.25, 0.3) is 0 Å². The standard InChI is InChI=1S/C18H28BrN/c1-18(2,3)16-10-8-15(9-11-16)14-20(13-12-19)17-6-4-5-7-17/h8-11,17H,4-7,12-14H2,1-3H3. The lowest BCUT2D eigenvalue weighted by Crippen LogP contribution is -2.34. The molecule has 0 amide bonds. The third-order valence-corrected chi connectivity index (χ3v) is 4.77. The zero-order valence-electron chi connectivity index (χ0n) is 13.2. The van der Waals surface area contributed by atoms with Crippen molar-refractivity contribution in [2.75, 3.05) is 11.9 Å². The number of halogens is 1. The van der Waals surface area contributed by atoms with Crippen LogP contribution in [0.3, 0.4) is 0 Å². The first kappa shape index (κ1) is 16.0. The topological polar surface area (TPSA) is 3.24 Å². The Bertz CT molecular complexity index is 398. The Morgan fingerprint density at radius 1 is 1.10 bits per heavy atom. The van der Waals surface area contributed by atoms with Crippen molar-refractivity contribution in [1.82, 2.24) is 4.90 Å². The van der Waals surface area contributed by atoms with E-state index in [0.29, 0.717) is 0 Å². The van der Waals surface area contributed by atoms with Crippen molar-refractivity contribution >= 4 is 15.9 Å². The van der Waals surface area contributed by atoms with Crippen molar-refractivity contribution in [2.45, 2.75) is 64.5 Å². The van der Waals surface area contributed by atoms with Crippen molar-refractivity contribution in [2.24, 2.45) is 0 Å². The van der Waals surface area contributed by atoms with E-state index in [0.717, 1.165) is 24.5 Å². The van der Waals surface area contributed by atoms with E-state index in [9.17, 15) is 0 Å². The van der Waals surface area contributed by atoms with Gasteiger partial charge in [0.05, 0.1) is 0 Å². The van der Waals surface area contributed by atoms with E-state index in [1.165, 1.54) is 36.8 Å². The summed E-state index contributed by atoms with van der Waals surface area (Å²) in [6.45, 7) is 9.08. The molecule has 0 N–H and O–H groups in total. The second kappa shape index (κ2) is 7.09. The molecule has 1 saturated carbocycles. The largest absolute Gasteiger partial charge is 0.295 e. The summed E-state index contributed by atoms with van der Waals surface area (Å²) in [6, 6.07) is 10.0. The minimum absolute atomic E-state index is 0.250. The maximum atomic E-state index is 3.61. The van der Waals surface area contributed by atoms with Crippen LogP contribution in [0.25, 0.3) is 0 Å². The lowest BCUT2D eigenvalue weighted by Gasteiger charge is -2.28. The summed E-state index contributed by atoms with van der Waals surface area (Å²) < 4.78 is 0. The van der Waals surface area contributed by atoms with E-state index in [1.807, 2.05) is 0 Å². The van der Waals surface area contributed by atoms with Crippen LogP contribution in [0.1, 0.15) is 57.6 Å². The van der Waals surface area contributed by atoms with Gasteiger partial charge in [0, 0.05) is 24.5 Å². The van der Waals surface area contributed by atoms with Gasteiger partial charge in [0.15, 0.2) is 0 Å². The van der Waals surface area contributed by atoms with Gasteiger partial charge in [-0.3, -0.25) is 4.90 Å². The summed E-state index contributed by atoms with van der Waals surface area (Å²) in [5, 5.41) is 1.07. The maximum absolute atomic E-state index is 3.61. The molecule has 0 heterocycles. The van der Waals surface area contributed by atoms with Crippen LogP contribution in [0.15, 0.2) is 24.3 Å². The van der Waals surface area contributed by atoms with Gasteiger partial charge in [-0.15, -0.1) is 0 Å². The second-order valence-corrected chi connectivity index (χ2v) is 7.84. The fourth-order valence-electron chi connectivity index (χ4n) is 3.11. The van der Waals surface area contributed by atoms with Crippen molar-refractivity contribution in [3.63, 3.8) is 0 Å². The van der Waals surface area contributed by atoms with Gasteiger partial charge in [0.1, 0.15) is 0 Å². The maximum Gasteiger partial charge on any atom is 0.0237 e. The first-order valence-electron chi connectivity index (χ1n) is 7.90. The van der Waals surface area contributed by atoms with E-state index < -0.39 is 0 Å². The summed E-state index contributed by atoms with van der Waals surface area (Å²) in [5.74, 6) is 0. The molecular weight excluding hydrogens is 310 g/mol. The molecule has 1 fully saturated rings. The van der Waals surface area contributed by atoms with Gasteiger partial charge in [-0.05, 0) is 29.4 Å². The molecule has 0 spiro atoms. The van der Waals surface area contributed by atoms with Crippen LogP contribution in [0.2, 0.25) is 0 Å². The molecule has 1 aliphatic carbocycles. The fourth-order valence-corrected chi connectivity index (χ4v) is 3.57. The Morgan fingerprint density at radius 3 is 2.20 bits per heavy atom. The van der Waals surface area contributed by atoms with Gasteiger partial charge in [-0.2, -0.15) is 0 Å². The number of rotatable bonds is 5. The molecule has 0 unspecified atom stereocenters. The number of alkyl halides is 1. The Labute approximate surface area is 132 Å². The Kier molecular flexibility index (Phi) is 5.68. The molecule has 0 bridgehead atoms. The Morgan fingerprint density at radius 2 is 1.70 bits per heavy atom. The van der Waals surface area contributed by atoms with Crippen molar-refractivity contribution in [1.29, 1.82) is 0 Å². The summed E-state index contributed by atoms with van der Waals surface area (Å²) in [5.41, 5.74) is 3.12. The lowest BCUT2D eigenvalue weighted by molar-refractivity contribution is 0.202. The predicted molar refractivity (Wildman–Crippen MR) is 91.6 cm³/mol. The minimum atomic E-state index is 0.250. The fraction of sp³-hybridized carbons (Fsp3) is 0.667. The average Bonchev–Trinajstić information content (AvgIpc) is 2.91. The highest BCUT2D eigenvalue weighted by molar-refractivity contribution is 9.09. The molecule has 1 aromatic carbocycles. The highest BCUT2D eigenvalue weighted by Gasteiger charge is 2.22. The van der Waals surface area contributed by atoms with Crippen LogP contribution < -0.4 is 0 Å². The van der Waals surface area contributed by atoms with Gasteiger partial charge in [-0.25, -0.2) is 0 Å². The average molecular weight is 338 g/mol. The van der Waals surface area contributed by atoms with Crippen LogP contribution in [0.4, 0.5) is 0 Å². The molecule has 0 radical (unpaired) electrons. The van der Waals surface area contributed by atoms with Gasteiger partial charge < -0.3 is 0 Å². The monoisotopic (exact) mass is 337 g/mol. The normalized spacial score (nSPS) is 17.1. The van der Waals surface area contributed by atoms with Gasteiger partial charge >= 0.3 is 0 Å². The first-order chi connectivity index (χ1) is 9.50. The molecule has 20 heavy (non-hydrogen) atoms. The molecule has 112 valence electrons. The van der Waals surface area contributed by atoms with Crippen LogP contribution >= 0.6 is 15.9 Å². The second-order valence-electron chi connectivity index (χ2n) is 7.04. The van der Waals surface area contributed by atoms with E-state index in [1.54, 1.807) is 0 Å². The highest BCUT2D eigenvalue weighted by Crippen LogP contribution is 2.26. The van der Waals surface area contributed by atoms with Crippen molar-refractivity contribution in [3.8, 4) is 0 Å². The molecular formula is C18H28BrN. The number of benzene rings is 1. The van der Waals surface area contributed by atoms with Crippen LogP contribution in [0, 0.1) is 0 Å². The third-order valence-electron chi connectivity index (χ3n) is 4.42. The van der Waals surface area contributed by atoms with Crippen molar-refractivity contribution in [3.05, 3.63) is 35.4 Å². The van der Waals surface area contributed by atoms with E-state index in [2.05, 4.69) is 65.9 Å². The number of hydrogen-bond acceptors (Lipinski definition) is 1. The number of hydrogen-bond donors (Lipinski definition) is 0. The smallest absolute Gasteiger partial charge is 0.0237 e. The van der Waals surface area contributed by atoms with Crippen LogP contribution in [-0.2, 0) is 12.0 Å². The van der Waals surface area contributed by atoms with E-state index in [-0.39, 0.29) is 5.41 Å². The van der Waals surface area contributed by atoms with Gasteiger partial charge in [-0.1, -0.05) is 73.8 Å². The van der Waals surface area contributed by atoms with Crippen LogP contribution in [0.5, 0.6) is 0 Å². The van der Waals surface area contributed by atoms with Gasteiger partial charge in [0.2, 0.25) is 0 Å². The molecule has 1 nitrogen and oxygen atoms in total. The van der Waals surface area contributed by atoms with E-state index >= 15 is 0 Å². The first-order valence-corrected chi connectivity index (χ1v) is 9.02. The quantitative estimate of drug-likeness (QED) is 0.673. The third kappa shape index (κ3) is 4.33. The van der Waals surface area contributed by atoms with E-state index in [4.69, 9.17) is 0 Å².